The molecule has 0 radical (unpaired) electrons. The van der Waals surface area contributed by atoms with Crippen molar-refractivity contribution < 1.29 is 14.3 Å². The highest BCUT2D eigenvalue weighted by Gasteiger charge is 2.36. The number of amides is 2. The van der Waals surface area contributed by atoms with Crippen molar-refractivity contribution in [2.24, 2.45) is 13.0 Å². The van der Waals surface area contributed by atoms with E-state index in [1.54, 1.807) is 30.5 Å². The molecular formula is C21H28N4O3. The summed E-state index contributed by atoms with van der Waals surface area (Å²) in [5.41, 5.74) is 0.391. The molecule has 0 saturated carbocycles. The minimum Gasteiger partial charge on any atom is -0.486 e. The molecule has 1 N–H and O–H groups in total. The quantitative estimate of drug-likeness (QED) is 0.830. The minimum atomic E-state index is -0.180. The second-order valence-corrected chi connectivity index (χ2v) is 8.22. The van der Waals surface area contributed by atoms with E-state index >= 15 is 0 Å². The largest absolute Gasteiger partial charge is 0.486 e. The third kappa shape index (κ3) is 4.71. The second kappa shape index (κ2) is 8.04. The first-order valence-corrected chi connectivity index (χ1v) is 9.52. The Morgan fingerprint density at radius 3 is 2.57 bits per heavy atom. The number of ether oxygens (including phenoxy) is 1. The Kier molecular flexibility index (Phi) is 5.72. The van der Waals surface area contributed by atoms with Crippen LogP contribution < -0.4 is 10.1 Å². The molecule has 1 aliphatic heterocycles. The molecule has 2 aromatic rings. The van der Waals surface area contributed by atoms with Crippen molar-refractivity contribution in [1.82, 2.24) is 19.8 Å². The summed E-state index contributed by atoms with van der Waals surface area (Å²) in [6.07, 6.45) is 4.08. The van der Waals surface area contributed by atoms with E-state index in [2.05, 4.69) is 10.3 Å². The molecule has 1 fully saturated rings. The molecule has 1 aliphatic rings. The molecule has 0 spiro atoms. The SMILES string of the molecule is Cn1ccnc1COc1ccc(C(=O)NCC2CC(=O)N(C(C)(C)C)C2)cc1. The van der Waals surface area contributed by atoms with Crippen LogP contribution in [0.15, 0.2) is 36.7 Å². The summed E-state index contributed by atoms with van der Waals surface area (Å²) in [6, 6.07) is 7.03. The van der Waals surface area contributed by atoms with E-state index in [0.717, 1.165) is 5.82 Å². The Morgan fingerprint density at radius 2 is 2.00 bits per heavy atom. The molecule has 1 aromatic heterocycles. The van der Waals surface area contributed by atoms with Crippen molar-refractivity contribution in [3.8, 4) is 5.75 Å². The number of likely N-dealkylation sites (tertiary alicyclic amines) is 1. The van der Waals surface area contributed by atoms with Crippen molar-refractivity contribution in [3.63, 3.8) is 0 Å². The maximum Gasteiger partial charge on any atom is 0.251 e. The second-order valence-electron chi connectivity index (χ2n) is 8.22. The van der Waals surface area contributed by atoms with Gasteiger partial charge in [0.05, 0.1) is 0 Å². The summed E-state index contributed by atoms with van der Waals surface area (Å²) < 4.78 is 7.60. The van der Waals surface area contributed by atoms with Gasteiger partial charge in [0.25, 0.3) is 5.91 Å². The van der Waals surface area contributed by atoms with Gasteiger partial charge in [0.15, 0.2) is 0 Å². The third-order valence-electron chi connectivity index (χ3n) is 4.97. The van der Waals surface area contributed by atoms with E-state index in [1.807, 2.05) is 43.5 Å². The molecule has 0 aliphatic carbocycles. The predicted octanol–water partition coefficient (Wildman–Crippen LogP) is 2.38. The van der Waals surface area contributed by atoms with E-state index in [0.29, 0.717) is 37.4 Å². The number of carbonyl (C=O) groups is 2. The van der Waals surface area contributed by atoms with Crippen molar-refractivity contribution in [1.29, 1.82) is 0 Å². The van der Waals surface area contributed by atoms with Crippen LogP contribution >= 0.6 is 0 Å². The van der Waals surface area contributed by atoms with E-state index in [-0.39, 0.29) is 23.3 Å². The van der Waals surface area contributed by atoms with Gasteiger partial charge in [-0.1, -0.05) is 0 Å². The fourth-order valence-electron chi connectivity index (χ4n) is 3.29. The average molecular weight is 384 g/mol. The van der Waals surface area contributed by atoms with Crippen molar-refractivity contribution in [2.45, 2.75) is 39.3 Å². The Hall–Kier alpha value is -2.83. The lowest BCUT2D eigenvalue weighted by Gasteiger charge is -2.32. The van der Waals surface area contributed by atoms with Crippen LogP contribution in [0.25, 0.3) is 0 Å². The first-order chi connectivity index (χ1) is 13.2. The molecule has 2 amide bonds. The van der Waals surface area contributed by atoms with Crippen LogP contribution in [-0.2, 0) is 18.4 Å². The van der Waals surface area contributed by atoms with Crippen LogP contribution in [0.5, 0.6) is 5.75 Å². The van der Waals surface area contributed by atoms with Gasteiger partial charge in [-0.05, 0) is 45.0 Å². The maximum atomic E-state index is 12.4. The number of imidazole rings is 1. The zero-order valence-corrected chi connectivity index (χ0v) is 16.9. The number of hydrogen-bond acceptors (Lipinski definition) is 4. The number of hydrogen-bond donors (Lipinski definition) is 1. The molecule has 0 bridgehead atoms. The molecule has 150 valence electrons. The number of benzene rings is 1. The number of rotatable bonds is 6. The molecule has 3 rings (SSSR count). The van der Waals surface area contributed by atoms with Gasteiger partial charge in [-0.2, -0.15) is 0 Å². The van der Waals surface area contributed by atoms with Crippen LogP contribution in [-0.4, -0.2) is 44.9 Å². The number of aromatic nitrogens is 2. The van der Waals surface area contributed by atoms with Crippen LogP contribution in [0.3, 0.4) is 0 Å². The fraction of sp³-hybridized carbons (Fsp3) is 0.476. The summed E-state index contributed by atoms with van der Waals surface area (Å²) in [7, 11) is 1.91. The summed E-state index contributed by atoms with van der Waals surface area (Å²) in [4.78, 5) is 30.6. The predicted molar refractivity (Wildman–Crippen MR) is 106 cm³/mol. The van der Waals surface area contributed by atoms with Crippen LogP contribution in [0.4, 0.5) is 0 Å². The standard InChI is InChI=1S/C21H28N4O3/c1-21(2,3)25-13-15(11-19(25)26)12-23-20(27)16-5-7-17(8-6-16)28-14-18-22-9-10-24(18)4/h5-10,15H,11-14H2,1-4H3,(H,23,27). The van der Waals surface area contributed by atoms with Gasteiger partial charge < -0.3 is 19.5 Å². The summed E-state index contributed by atoms with van der Waals surface area (Å²) in [6.45, 7) is 7.64. The molecule has 7 heteroatoms. The number of nitrogens with one attached hydrogen (secondary N) is 1. The van der Waals surface area contributed by atoms with E-state index in [9.17, 15) is 9.59 Å². The highest BCUT2D eigenvalue weighted by Crippen LogP contribution is 2.25. The molecule has 2 heterocycles. The van der Waals surface area contributed by atoms with Gasteiger partial charge in [0.1, 0.15) is 18.2 Å². The Balaban J connectivity index is 1.48. The van der Waals surface area contributed by atoms with Crippen molar-refractivity contribution in [2.75, 3.05) is 13.1 Å². The maximum absolute atomic E-state index is 12.4. The zero-order valence-electron chi connectivity index (χ0n) is 16.9. The minimum absolute atomic E-state index is 0.141. The zero-order chi connectivity index (χ0) is 20.3. The lowest BCUT2D eigenvalue weighted by Crippen LogP contribution is -2.42. The number of nitrogens with zero attached hydrogens (tertiary/aromatic N) is 3. The molecule has 1 atom stereocenters. The first kappa shape index (κ1) is 19.9. The summed E-state index contributed by atoms with van der Waals surface area (Å²) >= 11 is 0. The van der Waals surface area contributed by atoms with Crippen LogP contribution in [0, 0.1) is 5.92 Å². The lowest BCUT2D eigenvalue weighted by atomic mass is 10.1. The smallest absolute Gasteiger partial charge is 0.251 e. The van der Waals surface area contributed by atoms with Gasteiger partial charge >= 0.3 is 0 Å². The van der Waals surface area contributed by atoms with Gasteiger partial charge in [-0.3, -0.25) is 9.59 Å². The van der Waals surface area contributed by atoms with Gasteiger partial charge in [0.2, 0.25) is 5.91 Å². The fourth-order valence-corrected chi connectivity index (χ4v) is 3.29. The van der Waals surface area contributed by atoms with Gasteiger partial charge in [-0.25, -0.2) is 4.98 Å². The average Bonchev–Trinajstić information content (AvgIpc) is 3.23. The monoisotopic (exact) mass is 384 g/mol. The van der Waals surface area contributed by atoms with Crippen molar-refractivity contribution in [3.05, 3.63) is 48.0 Å². The first-order valence-electron chi connectivity index (χ1n) is 9.52. The molecule has 7 nitrogen and oxygen atoms in total. The van der Waals surface area contributed by atoms with E-state index in [1.165, 1.54) is 0 Å². The Labute approximate surface area is 165 Å². The summed E-state index contributed by atoms with van der Waals surface area (Å²) in [5, 5.41) is 2.94. The van der Waals surface area contributed by atoms with Crippen LogP contribution in [0.1, 0.15) is 43.4 Å². The van der Waals surface area contributed by atoms with Gasteiger partial charge in [-0.15, -0.1) is 0 Å². The van der Waals surface area contributed by atoms with Gasteiger partial charge in [0, 0.05) is 56.0 Å². The topological polar surface area (TPSA) is 76.5 Å². The Morgan fingerprint density at radius 1 is 1.29 bits per heavy atom. The molecular weight excluding hydrogens is 356 g/mol. The molecule has 28 heavy (non-hydrogen) atoms. The highest BCUT2D eigenvalue weighted by molar-refractivity contribution is 5.94. The van der Waals surface area contributed by atoms with Crippen molar-refractivity contribution >= 4 is 11.8 Å². The molecule has 1 saturated heterocycles. The normalized spacial score (nSPS) is 17.1. The Bertz CT molecular complexity index is 836. The van der Waals surface area contributed by atoms with E-state index < -0.39 is 0 Å². The molecule has 1 unspecified atom stereocenters. The highest BCUT2D eigenvalue weighted by atomic mass is 16.5. The lowest BCUT2D eigenvalue weighted by molar-refractivity contribution is -0.131. The number of aryl methyl sites for hydroxylation is 1. The summed E-state index contributed by atoms with van der Waals surface area (Å²) in [5.74, 6) is 1.67. The van der Waals surface area contributed by atoms with E-state index in [4.69, 9.17) is 4.74 Å². The number of carbonyl (C=O) groups excluding carboxylic acids is 2. The molecule has 1 aromatic carbocycles. The third-order valence-corrected chi connectivity index (χ3v) is 4.97. The van der Waals surface area contributed by atoms with Crippen LogP contribution in [0.2, 0.25) is 0 Å².